The molecule has 3 heterocycles. The van der Waals surface area contributed by atoms with Crippen molar-refractivity contribution in [3.8, 4) is 17.0 Å². The summed E-state index contributed by atoms with van der Waals surface area (Å²) in [6.45, 7) is 1.93. The minimum Gasteiger partial charge on any atom is -0.482 e. The summed E-state index contributed by atoms with van der Waals surface area (Å²) in [5.74, 6) is 0.0127. The molecule has 1 aromatic carbocycles. The largest absolute Gasteiger partial charge is 0.482 e. The Morgan fingerprint density at radius 2 is 2.25 bits per heavy atom. The fraction of sp³-hybridized carbons (Fsp3) is 0.263. The van der Waals surface area contributed by atoms with E-state index in [2.05, 4.69) is 22.2 Å². The van der Waals surface area contributed by atoms with Crippen LogP contribution in [0.4, 0.5) is 10.8 Å². The molecule has 0 saturated heterocycles. The van der Waals surface area contributed by atoms with E-state index in [1.807, 2.05) is 23.6 Å². The molecular formula is C19H18N4O3S2. The van der Waals surface area contributed by atoms with Crippen molar-refractivity contribution in [2.75, 3.05) is 23.4 Å². The second kappa shape index (κ2) is 8.07. The summed E-state index contributed by atoms with van der Waals surface area (Å²) >= 11 is 2.95. The molecule has 0 unspecified atom stereocenters. The van der Waals surface area contributed by atoms with E-state index in [0.29, 0.717) is 16.6 Å². The van der Waals surface area contributed by atoms with Crippen LogP contribution in [-0.2, 0) is 16.0 Å². The molecule has 0 radical (unpaired) electrons. The molecule has 2 amide bonds. The zero-order valence-corrected chi connectivity index (χ0v) is 16.8. The average molecular weight is 415 g/mol. The number of ether oxygens (including phenoxy) is 1. The van der Waals surface area contributed by atoms with Gasteiger partial charge in [-0.1, -0.05) is 6.92 Å². The Morgan fingerprint density at radius 3 is 3.04 bits per heavy atom. The van der Waals surface area contributed by atoms with E-state index in [9.17, 15) is 9.59 Å². The number of nitrogens with one attached hydrogen (secondary N) is 1. The Balaban J connectivity index is 1.59. The van der Waals surface area contributed by atoms with Crippen molar-refractivity contribution >= 4 is 45.3 Å². The van der Waals surface area contributed by atoms with E-state index in [-0.39, 0.29) is 25.0 Å². The quantitative estimate of drug-likeness (QED) is 0.666. The third-order valence-corrected chi connectivity index (χ3v) is 5.79. The normalized spacial score (nSPS) is 13.2. The SMILES string of the molecule is CCCc1nc(-c2ccc3c(c2)N(CC(=O)Nc2nccs2)C(=O)CO3)cs1. The minimum absolute atomic E-state index is 0.0891. The fourth-order valence-corrected chi connectivity index (χ4v) is 4.35. The van der Waals surface area contributed by atoms with E-state index >= 15 is 0 Å². The van der Waals surface area contributed by atoms with Crippen LogP contribution in [0, 0.1) is 0 Å². The summed E-state index contributed by atoms with van der Waals surface area (Å²) in [6.07, 6.45) is 3.60. The zero-order chi connectivity index (χ0) is 19.5. The molecular weight excluding hydrogens is 396 g/mol. The Kier molecular flexibility index (Phi) is 5.36. The maximum Gasteiger partial charge on any atom is 0.265 e. The van der Waals surface area contributed by atoms with Crippen molar-refractivity contribution in [3.63, 3.8) is 0 Å². The highest BCUT2D eigenvalue weighted by Gasteiger charge is 2.28. The molecule has 28 heavy (non-hydrogen) atoms. The van der Waals surface area contributed by atoms with E-state index in [4.69, 9.17) is 4.74 Å². The van der Waals surface area contributed by atoms with Gasteiger partial charge in [0.1, 0.15) is 12.3 Å². The smallest absolute Gasteiger partial charge is 0.265 e. The number of hydrogen-bond acceptors (Lipinski definition) is 7. The highest BCUT2D eigenvalue weighted by Crippen LogP contribution is 2.36. The van der Waals surface area contributed by atoms with Crippen LogP contribution < -0.4 is 15.0 Å². The van der Waals surface area contributed by atoms with Gasteiger partial charge in [0.2, 0.25) is 5.91 Å². The second-order valence-electron chi connectivity index (χ2n) is 6.21. The molecule has 4 rings (SSSR count). The van der Waals surface area contributed by atoms with Crippen molar-refractivity contribution < 1.29 is 14.3 Å². The molecule has 9 heteroatoms. The lowest BCUT2D eigenvalue weighted by Gasteiger charge is -2.29. The maximum absolute atomic E-state index is 12.4. The number of nitrogens with zero attached hydrogens (tertiary/aromatic N) is 3. The lowest BCUT2D eigenvalue weighted by molar-refractivity contribution is -0.123. The van der Waals surface area contributed by atoms with Crippen LogP contribution >= 0.6 is 22.7 Å². The first-order valence-electron chi connectivity index (χ1n) is 8.85. The van der Waals surface area contributed by atoms with Crippen molar-refractivity contribution in [3.05, 3.63) is 40.2 Å². The van der Waals surface area contributed by atoms with Gasteiger partial charge in [-0.3, -0.25) is 14.5 Å². The molecule has 0 aliphatic carbocycles. The molecule has 1 aliphatic heterocycles. The molecule has 144 valence electrons. The summed E-state index contributed by atoms with van der Waals surface area (Å²) in [6, 6.07) is 5.60. The lowest BCUT2D eigenvalue weighted by Crippen LogP contribution is -2.43. The van der Waals surface area contributed by atoms with Crippen LogP contribution in [0.1, 0.15) is 18.4 Å². The van der Waals surface area contributed by atoms with Gasteiger partial charge in [-0.25, -0.2) is 9.97 Å². The van der Waals surface area contributed by atoms with E-state index in [0.717, 1.165) is 29.1 Å². The van der Waals surface area contributed by atoms with Crippen LogP contribution in [-0.4, -0.2) is 34.9 Å². The van der Waals surface area contributed by atoms with Crippen LogP contribution in [0.2, 0.25) is 0 Å². The summed E-state index contributed by atoms with van der Waals surface area (Å²) < 4.78 is 5.54. The number of rotatable bonds is 6. The summed E-state index contributed by atoms with van der Waals surface area (Å²) in [5, 5.41) is 8.09. The van der Waals surface area contributed by atoms with Crippen LogP contribution in [0.3, 0.4) is 0 Å². The zero-order valence-electron chi connectivity index (χ0n) is 15.2. The summed E-state index contributed by atoms with van der Waals surface area (Å²) in [4.78, 5) is 34.9. The van der Waals surface area contributed by atoms with Gasteiger partial charge in [-0.2, -0.15) is 0 Å². The lowest BCUT2D eigenvalue weighted by atomic mass is 10.1. The maximum atomic E-state index is 12.4. The van der Waals surface area contributed by atoms with Gasteiger partial charge >= 0.3 is 0 Å². The van der Waals surface area contributed by atoms with Gasteiger partial charge in [0.15, 0.2) is 11.7 Å². The van der Waals surface area contributed by atoms with E-state index in [1.54, 1.807) is 22.9 Å². The van der Waals surface area contributed by atoms with E-state index in [1.165, 1.54) is 16.2 Å². The third kappa shape index (κ3) is 3.90. The second-order valence-corrected chi connectivity index (χ2v) is 8.05. The van der Waals surface area contributed by atoms with Crippen LogP contribution in [0.25, 0.3) is 11.3 Å². The van der Waals surface area contributed by atoms with Gasteiger partial charge in [-0.15, -0.1) is 22.7 Å². The molecule has 2 aromatic heterocycles. The van der Waals surface area contributed by atoms with Gasteiger partial charge in [0, 0.05) is 22.5 Å². The molecule has 0 spiro atoms. The molecule has 0 saturated carbocycles. The highest BCUT2D eigenvalue weighted by atomic mass is 32.1. The van der Waals surface area contributed by atoms with E-state index < -0.39 is 0 Å². The van der Waals surface area contributed by atoms with Crippen molar-refractivity contribution in [2.24, 2.45) is 0 Å². The molecule has 0 fully saturated rings. The predicted molar refractivity (Wildman–Crippen MR) is 110 cm³/mol. The van der Waals surface area contributed by atoms with Crippen LogP contribution in [0.15, 0.2) is 35.2 Å². The molecule has 3 aromatic rings. The first-order chi connectivity index (χ1) is 13.6. The number of aromatic nitrogens is 2. The number of hydrogen-bond donors (Lipinski definition) is 1. The molecule has 0 atom stereocenters. The topological polar surface area (TPSA) is 84.4 Å². The Morgan fingerprint density at radius 1 is 1.36 bits per heavy atom. The van der Waals surface area contributed by atoms with Gasteiger partial charge in [0.05, 0.1) is 16.4 Å². The Labute approximate surface area is 170 Å². The van der Waals surface area contributed by atoms with Gasteiger partial charge in [-0.05, 0) is 31.0 Å². The monoisotopic (exact) mass is 414 g/mol. The van der Waals surface area contributed by atoms with Crippen molar-refractivity contribution in [2.45, 2.75) is 19.8 Å². The molecule has 1 N–H and O–H groups in total. The number of amides is 2. The first kappa shape index (κ1) is 18.6. The third-order valence-electron chi connectivity index (χ3n) is 4.19. The Hall–Kier alpha value is -2.78. The number of thiazole rings is 2. The summed E-state index contributed by atoms with van der Waals surface area (Å²) in [5.41, 5.74) is 2.33. The van der Waals surface area contributed by atoms with Crippen molar-refractivity contribution in [1.29, 1.82) is 0 Å². The minimum atomic E-state index is -0.305. The molecule has 7 nitrogen and oxygen atoms in total. The number of benzene rings is 1. The number of fused-ring (bicyclic) bond motifs is 1. The standard InChI is InChI=1S/C19H18N4O3S2/c1-2-3-17-21-13(11-28-17)12-4-5-15-14(8-12)23(18(25)10-26-15)9-16(24)22-19-20-6-7-27-19/h4-8,11H,2-3,9-10H2,1H3,(H,20,22,24). The highest BCUT2D eigenvalue weighted by molar-refractivity contribution is 7.13. The van der Waals surface area contributed by atoms with Gasteiger partial charge < -0.3 is 10.1 Å². The number of carbonyl (C=O) groups is 2. The Bertz CT molecular complexity index is 1000. The number of carbonyl (C=O) groups excluding carboxylic acids is 2. The predicted octanol–water partition coefficient (Wildman–Crippen LogP) is 3.58. The van der Waals surface area contributed by atoms with Crippen LogP contribution in [0.5, 0.6) is 5.75 Å². The average Bonchev–Trinajstić information content (AvgIpc) is 3.36. The van der Waals surface area contributed by atoms with Gasteiger partial charge in [0.25, 0.3) is 5.91 Å². The molecule has 0 bridgehead atoms. The molecule has 1 aliphatic rings. The fourth-order valence-electron chi connectivity index (χ4n) is 2.89. The first-order valence-corrected chi connectivity index (χ1v) is 10.6. The number of anilines is 2. The number of aryl methyl sites for hydroxylation is 1. The summed E-state index contributed by atoms with van der Waals surface area (Å²) in [7, 11) is 0. The van der Waals surface area contributed by atoms with Crippen molar-refractivity contribution in [1.82, 2.24) is 9.97 Å².